The second kappa shape index (κ2) is 6.77. The monoisotopic (exact) mass is 325 g/mol. The third kappa shape index (κ3) is 4.08. The Bertz CT molecular complexity index is 663. The third-order valence-corrected chi connectivity index (χ3v) is 5.01. The number of thiazole rings is 1. The average molecular weight is 325 g/mol. The minimum Gasteiger partial charge on any atom is -0.456 e. The maximum absolute atomic E-state index is 12.0. The lowest BCUT2D eigenvalue weighted by Gasteiger charge is -1.97. The molecule has 8 heteroatoms. The van der Waals surface area contributed by atoms with Gasteiger partial charge in [0.2, 0.25) is 5.91 Å². The van der Waals surface area contributed by atoms with Crippen LogP contribution in [0.25, 0.3) is 0 Å². The highest BCUT2D eigenvalue weighted by Gasteiger charge is 2.15. The van der Waals surface area contributed by atoms with E-state index in [1.54, 1.807) is 12.1 Å². The molecule has 0 saturated heterocycles. The van der Waals surface area contributed by atoms with Crippen LogP contribution in [0.4, 0.5) is 5.13 Å². The minimum atomic E-state index is -0.388. The van der Waals surface area contributed by atoms with Crippen molar-refractivity contribution in [2.75, 3.05) is 11.1 Å². The molecule has 0 atom stereocenters. The van der Waals surface area contributed by atoms with Gasteiger partial charge >= 0.3 is 0 Å². The van der Waals surface area contributed by atoms with Crippen LogP contribution < -0.4 is 11.1 Å². The Morgan fingerprint density at radius 3 is 2.86 bits per heavy atom. The molecule has 0 aliphatic heterocycles. The van der Waals surface area contributed by atoms with Gasteiger partial charge in [0.15, 0.2) is 10.9 Å². The fraction of sp³-hybridized carbons (Fsp3) is 0.308. The summed E-state index contributed by atoms with van der Waals surface area (Å²) >= 11 is 2.62. The zero-order valence-electron chi connectivity index (χ0n) is 11.6. The molecule has 2 amide bonds. The van der Waals surface area contributed by atoms with Crippen LogP contribution >= 0.6 is 23.1 Å². The third-order valence-electron chi connectivity index (χ3n) is 2.55. The molecular formula is C13H15N3O3S2. The number of rotatable bonds is 6. The number of furan rings is 1. The number of hydrogen-bond acceptors (Lipinski definition) is 6. The first-order valence-electron chi connectivity index (χ1n) is 6.28. The number of hydrogen-bond donors (Lipinski definition) is 2. The van der Waals surface area contributed by atoms with E-state index in [-0.39, 0.29) is 23.3 Å². The summed E-state index contributed by atoms with van der Waals surface area (Å²) in [4.78, 5) is 27.1. The Labute approximate surface area is 130 Å². The van der Waals surface area contributed by atoms with Gasteiger partial charge in [-0.05, 0) is 19.1 Å². The fourth-order valence-electron chi connectivity index (χ4n) is 1.56. The van der Waals surface area contributed by atoms with Crippen molar-refractivity contribution in [3.63, 3.8) is 0 Å². The first-order chi connectivity index (χ1) is 9.99. The van der Waals surface area contributed by atoms with Crippen molar-refractivity contribution in [2.45, 2.75) is 24.5 Å². The molecule has 0 bridgehead atoms. The summed E-state index contributed by atoms with van der Waals surface area (Å²) in [5.41, 5.74) is 5.87. The molecular weight excluding hydrogens is 310 g/mol. The van der Waals surface area contributed by atoms with E-state index >= 15 is 0 Å². The molecule has 0 aliphatic carbocycles. The van der Waals surface area contributed by atoms with Crippen molar-refractivity contribution in [2.24, 2.45) is 5.73 Å². The molecule has 21 heavy (non-hydrogen) atoms. The summed E-state index contributed by atoms with van der Waals surface area (Å²) in [6.07, 6.45) is 0.734. The van der Waals surface area contributed by atoms with Crippen LogP contribution in [0.2, 0.25) is 0 Å². The molecule has 0 aliphatic rings. The Hall–Kier alpha value is -1.80. The molecule has 2 aromatic heterocycles. The van der Waals surface area contributed by atoms with Crippen LogP contribution in [0.5, 0.6) is 0 Å². The van der Waals surface area contributed by atoms with Crippen molar-refractivity contribution >= 4 is 40.0 Å². The van der Waals surface area contributed by atoms with E-state index in [4.69, 9.17) is 10.2 Å². The number of amides is 2. The number of aromatic nitrogens is 1. The molecule has 0 fully saturated rings. The van der Waals surface area contributed by atoms with Gasteiger partial charge in [-0.1, -0.05) is 18.3 Å². The summed E-state index contributed by atoms with van der Waals surface area (Å²) in [6.45, 7) is 3.77. The number of nitrogens with one attached hydrogen (secondary N) is 1. The van der Waals surface area contributed by atoms with Gasteiger partial charge in [0.1, 0.15) is 5.76 Å². The predicted octanol–water partition coefficient (Wildman–Crippen LogP) is 2.44. The number of aryl methyl sites for hydroxylation is 2. The predicted molar refractivity (Wildman–Crippen MR) is 82.8 cm³/mol. The van der Waals surface area contributed by atoms with Crippen LogP contribution in [-0.4, -0.2) is 22.6 Å². The van der Waals surface area contributed by atoms with Gasteiger partial charge in [0.25, 0.3) is 5.91 Å². The molecule has 0 saturated carbocycles. The maximum Gasteiger partial charge on any atom is 0.293 e. The van der Waals surface area contributed by atoms with Gasteiger partial charge in [0, 0.05) is 6.42 Å². The van der Waals surface area contributed by atoms with Crippen LogP contribution in [0.1, 0.15) is 28.9 Å². The van der Waals surface area contributed by atoms with Crippen molar-refractivity contribution < 1.29 is 14.0 Å². The van der Waals surface area contributed by atoms with Crippen LogP contribution in [0.3, 0.4) is 0 Å². The van der Waals surface area contributed by atoms with Crippen molar-refractivity contribution in [3.8, 4) is 0 Å². The van der Waals surface area contributed by atoms with E-state index < -0.39 is 0 Å². The van der Waals surface area contributed by atoms with Gasteiger partial charge in [-0.3, -0.25) is 14.9 Å². The maximum atomic E-state index is 12.0. The van der Waals surface area contributed by atoms with Crippen LogP contribution in [-0.2, 0) is 11.2 Å². The molecule has 6 nitrogen and oxygen atoms in total. The van der Waals surface area contributed by atoms with E-state index in [0.717, 1.165) is 22.1 Å². The Morgan fingerprint density at radius 2 is 2.24 bits per heavy atom. The SMILES string of the molecule is CCc1ccc(C(=O)Nc2nc(C)c(SCC(N)=O)s2)o1. The second-order valence-electron chi connectivity index (χ2n) is 4.22. The van der Waals surface area contributed by atoms with E-state index in [2.05, 4.69) is 10.3 Å². The zero-order chi connectivity index (χ0) is 15.4. The van der Waals surface area contributed by atoms with Gasteiger partial charge in [-0.25, -0.2) is 4.98 Å². The number of carbonyl (C=O) groups excluding carboxylic acids is 2. The van der Waals surface area contributed by atoms with Crippen molar-refractivity contribution in [3.05, 3.63) is 29.3 Å². The average Bonchev–Trinajstić information content (AvgIpc) is 3.03. The highest BCUT2D eigenvalue weighted by molar-refractivity contribution is 8.01. The van der Waals surface area contributed by atoms with E-state index in [1.165, 1.54) is 23.1 Å². The number of anilines is 1. The van der Waals surface area contributed by atoms with E-state index in [1.807, 2.05) is 13.8 Å². The molecule has 2 aromatic rings. The topological polar surface area (TPSA) is 98.2 Å². The normalized spacial score (nSPS) is 10.6. The molecule has 2 heterocycles. The van der Waals surface area contributed by atoms with Gasteiger partial charge in [-0.15, -0.1) is 11.8 Å². The lowest BCUT2D eigenvalue weighted by molar-refractivity contribution is -0.115. The molecule has 0 spiro atoms. The summed E-state index contributed by atoms with van der Waals surface area (Å²) in [7, 11) is 0. The van der Waals surface area contributed by atoms with Gasteiger partial charge in [-0.2, -0.15) is 0 Å². The lowest BCUT2D eigenvalue weighted by atomic mass is 10.3. The smallest absolute Gasteiger partial charge is 0.293 e. The lowest BCUT2D eigenvalue weighted by Crippen LogP contribution is -2.12. The van der Waals surface area contributed by atoms with Gasteiger partial charge in [0.05, 0.1) is 15.7 Å². The quantitative estimate of drug-likeness (QED) is 0.795. The molecule has 0 radical (unpaired) electrons. The number of primary amides is 1. The Kier molecular flexibility index (Phi) is 5.03. The molecule has 0 unspecified atom stereocenters. The summed E-state index contributed by atoms with van der Waals surface area (Å²) in [5.74, 6) is 0.476. The molecule has 112 valence electrons. The summed E-state index contributed by atoms with van der Waals surface area (Å²) in [5, 5.41) is 3.16. The second-order valence-corrected chi connectivity index (χ2v) is 6.46. The fourth-order valence-corrected chi connectivity index (χ4v) is 3.43. The van der Waals surface area contributed by atoms with Crippen LogP contribution in [0, 0.1) is 6.92 Å². The highest BCUT2D eigenvalue weighted by atomic mass is 32.2. The molecule has 2 rings (SSSR count). The number of thioether (sulfide) groups is 1. The summed E-state index contributed by atoms with van der Waals surface area (Å²) in [6, 6.07) is 3.41. The van der Waals surface area contributed by atoms with Crippen molar-refractivity contribution in [1.82, 2.24) is 4.98 Å². The number of nitrogens with two attached hydrogens (primary N) is 1. The number of carbonyl (C=O) groups is 2. The Balaban J connectivity index is 2.04. The standard InChI is InChI=1S/C13H15N3O3S2/c1-3-8-4-5-9(19-8)11(18)16-13-15-7(2)12(21-13)20-6-10(14)17/h4-5H,3,6H2,1-2H3,(H2,14,17)(H,15,16,18). The van der Waals surface area contributed by atoms with Crippen LogP contribution in [0.15, 0.2) is 20.8 Å². The Morgan fingerprint density at radius 1 is 1.48 bits per heavy atom. The van der Waals surface area contributed by atoms with E-state index in [0.29, 0.717) is 5.13 Å². The van der Waals surface area contributed by atoms with Gasteiger partial charge < -0.3 is 10.2 Å². The van der Waals surface area contributed by atoms with E-state index in [9.17, 15) is 9.59 Å². The first kappa shape index (κ1) is 15.6. The summed E-state index contributed by atoms with van der Waals surface area (Å²) < 4.78 is 6.24. The minimum absolute atomic E-state index is 0.189. The molecule has 0 aromatic carbocycles. The first-order valence-corrected chi connectivity index (χ1v) is 8.08. The highest BCUT2D eigenvalue weighted by Crippen LogP contribution is 2.32. The molecule has 3 N–H and O–H groups in total. The zero-order valence-corrected chi connectivity index (χ0v) is 13.3. The largest absolute Gasteiger partial charge is 0.456 e. The number of nitrogens with zero attached hydrogens (tertiary/aromatic N) is 1. The van der Waals surface area contributed by atoms with Crippen molar-refractivity contribution in [1.29, 1.82) is 0 Å².